The van der Waals surface area contributed by atoms with Gasteiger partial charge in [-0.15, -0.1) is 0 Å². The Morgan fingerprint density at radius 3 is 2.23 bits per heavy atom. The number of aryl methyl sites for hydroxylation is 1. The van der Waals surface area contributed by atoms with Crippen molar-refractivity contribution in [3.63, 3.8) is 0 Å². The van der Waals surface area contributed by atoms with E-state index in [-0.39, 0.29) is 24.5 Å². The summed E-state index contributed by atoms with van der Waals surface area (Å²) in [4.78, 5) is 28.7. The van der Waals surface area contributed by atoms with Crippen molar-refractivity contribution < 1.29 is 14.3 Å². The van der Waals surface area contributed by atoms with Crippen molar-refractivity contribution >= 4 is 34.4 Å². The molecule has 2 amide bonds. The Hall–Kier alpha value is -2.87. The highest BCUT2D eigenvalue weighted by molar-refractivity contribution is 14.1. The molecule has 0 aliphatic heterocycles. The quantitative estimate of drug-likeness (QED) is 0.302. The van der Waals surface area contributed by atoms with Gasteiger partial charge in [0, 0.05) is 22.6 Å². The van der Waals surface area contributed by atoms with Crippen LogP contribution in [0.15, 0.2) is 78.9 Å². The van der Waals surface area contributed by atoms with E-state index in [1.54, 1.807) is 4.90 Å². The number of nitrogens with one attached hydrogen (secondary N) is 1. The van der Waals surface area contributed by atoms with E-state index >= 15 is 0 Å². The second kappa shape index (κ2) is 13.3. The van der Waals surface area contributed by atoms with E-state index < -0.39 is 6.04 Å². The van der Waals surface area contributed by atoms with Crippen LogP contribution in [0, 0.1) is 10.5 Å². The topological polar surface area (TPSA) is 58.6 Å². The summed E-state index contributed by atoms with van der Waals surface area (Å²) in [6, 6.07) is 24.8. The van der Waals surface area contributed by atoms with Crippen molar-refractivity contribution in [2.75, 3.05) is 6.61 Å². The average molecular weight is 584 g/mol. The van der Waals surface area contributed by atoms with Gasteiger partial charge in [0.1, 0.15) is 11.8 Å². The van der Waals surface area contributed by atoms with Crippen LogP contribution < -0.4 is 10.1 Å². The maximum absolute atomic E-state index is 13.6. The Balaban J connectivity index is 1.89. The SMILES string of the molecule is CC[C@@H](C)NC(=O)[C@@H](Cc1ccccc1)N(Cc1ccc(C)cc1)C(=O)COc1ccc(I)cc1. The van der Waals surface area contributed by atoms with E-state index in [0.29, 0.717) is 18.7 Å². The lowest BCUT2D eigenvalue weighted by Gasteiger charge is -2.32. The molecular weight excluding hydrogens is 551 g/mol. The first-order valence-corrected chi connectivity index (χ1v) is 13.0. The maximum atomic E-state index is 13.6. The fourth-order valence-electron chi connectivity index (χ4n) is 3.64. The zero-order valence-corrected chi connectivity index (χ0v) is 22.7. The number of nitrogens with zero attached hydrogens (tertiary/aromatic N) is 1. The van der Waals surface area contributed by atoms with E-state index in [9.17, 15) is 9.59 Å². The summed E-state index contributed by atoms with van der Waals surface area (Å²) >= 11 is 2.23. The Morgan fingerprint density at radius 2 is 1.60 bits per heavy atom. The molecule has 0 heterocycles. The summed E-state index contributed by atoms with van der Waals surface area (Å²) in [5.74, 6) is 0.236. The summed E-state index contributed by atoms with van der Waals surface area (Å²) in [6.07, 6.45) is 1.23. The molecule has 0 bridgehead atoms. The summed E-state index contributed by atoms with van der Waals surface area (Å²) in [5, 5.41) is 3.09. The zero-order chi connectivity index (χ0) is 25.2. The largest absolute Gasteiger partial charge is 0.484 e. The number of ether oxygens (including phenoxy) is 1. The van der Waals surface area contributed by atoms with Crippen LogP contribution in [0.4, 0.5) is 0 Å². The van der Waals surface area contributed by atoms with Crippen LogP contribution in [-0.2, 0) is 22.6 Å². The second-order valence-electron chi connectivity index (χ2n) is 8.77. The van der Waals surface area contributed by atoms with Gasteiger partial charge in [0.05, 0.1) is 0 Å². The second-order valence-corrected chi connectivity index (χ2v) is 10.0. The van der Waals surface area contributed by atoms with Crippen molar-refractivity contribution in [3.8, 4) is 5.75 Å². The van der Waals surface area contributed by atoms with E-state index in [1.807, 2.05) is 99.6 Å². The summed E-state index contributed by atoms with van der Waals surface area (Å²) in [6.45, 7) is 6.21. The Labute approximate surface area is 222 Å². The third kappa shape index (κ3) is 8.38. The first-order valence-electron chi connectivity index (χ1n) is 11.9. The molecular formula is C29H33IN2O3. The van der Waals surface area contributed by atoms with Gasteiger partial charge in [0.2, 0.25) is 5.91 Å². The van der Waals surface area contributed by atoms with Crippen LogP contribution in [0.3, 0.4) is 0 Å². The van der Waals surface area contributed by atoms with E-state index in [0.717, 1.165) is 26.7 Å². The van der Waals surface area contributed by atoms with Crippen LogP contribution in [0.1, 0.15) is 37.0 Å². The van der Waals surface area contributed by atoms with Gasteiger partial charge in [0.25, 0.3) is 5.91 Å². The van der Waals surface area contributed by atoms with Crippen molar-refractivity contribution in [1.29, 1.82) is 0 Å². The molecule has 0 fully saturated rings. The number of rotatable bonds is 11. The van der Waals surface area contributed by atoms with Crippen molar-refractivity contribution in [3.05, 3.63) is 99.1 Å². The number of hydrogen-bond acceptors (Lipinski definition) is 3. The van der Waals surface area contributed by atoms with Crippen LogP contribution in [-0.4, -0.2) is 35.4 Å². The lowest BCUT2D eigenvalue weighted by Crippen LogP contribution is -2.53. The number of benzene rings is 3. The molecule has 0 aromatic heterocycles. The summed E-state index contributed by atoms with van der Waals surface area (Å²) in [7, 11) is 0. The molecule has 6 heteroatoms. The number of carbonyl (C=O) groups is 2. The van der Waals surface area contributed by atoms with E-state index in [1.165, 1.54) is 0 Å². The smallest absolute Gasteiger partial charge is 0.261 e. The number of amides is 2. The lowest BCUT2D eigenvalue weighted by atomic mass is 10.0. The molecule has 0 spiro atoms. The van der Waals surface area contributed by atoms with Crippen molar-refractivity contribution in [2.24, 2.45) is 0 Å². The minimum absolute atomic E-state index is 0.0140. The number of carbonyl (C=O) groups excluding carboxylic acids is 2. The van der Waals surface area contributed by atoms with E-state index in [4.69, 9.17) is 4.74 Å². The van der Waals surface area contributed by atoms with Gasteiger partial charge in [-0.1, -0.05) is 67.1 Å². The van der Waals surface area contributed by atoms with Gasteiger partial charge < -0.3 is 15.0 Å². The zero-order valence-electron chi connectivity index (χ0n) is 20.5. The van der Waals surface area contributed by atoms with Crippen molar-refractivity contribution in [2.45, 2.75) is 52.2 Å². The van der Waals surface area contributed by atoms with Crippen molar-refractivity contribution in [1.82, 2.24) is 10.2 Å². The minimum atomic E-state index is -0.666. The maximum Gasteiger partial charge on any atom is 0.261 e. The molecule has 35 heavy (non-hydrogen) atoms. The summed E-state index contributed by atoms with van der Waals surface area (Å²) < 4.78 is 6.91. The Bertz CT molecular complexity index is 1090. The molecule has 2 atom stereocenters. The Morgan fingerprint density at radius 1 is 0.943 bits per heavy atom. The normalized spacial score (nSPS) is 12.5. The van der Waals surface area contributed by atoms with Gasteiger partial charge in [-0.05, 0) is 78.3 Å². The van der Waals surface area contributed by atoms with Crippen LogP contribution in [0.25, 0.3) is 0 Å². The molecule has 0 aliphatic rings. The Kier molecular flexibility index (Phi) is 10.1. The standard InChI is InChI=1S/C29H33IN2O3/c1-4-22(3)31-29(34)27(18-23-8-6-5-7-9-23)32(19-24-12-10-21(2)11-13-24)28(33)20-35-26-16-14-25(30)15-17-26/h5-17,22,27H,4,18-20H2,1-3H3,(H,31,34)/t22-,27-/m1/s1. The first kappa shape index (κ1) is 26.7. The molecule has 0 radical (unpaired) electrons. The third-order valence-electron chi connectivity index (χ3n) is 5.92. The van der Waals surface area contributed by atoms with E-state index in [2.05, 4.69) is 27.9 Å². The predicted molar refractivity (Wildman–Crippen MR) is 148 cm³/mol. The van der Waals surface area contributed by atoms with Gasteiger partial charge in [0.15, 0.2) is 6.61 Å². The fourth-order valence-corrected chi connectivity index (χ4v) is 4.00. The summed E-state index contributed by atoms with van der Waals surface area (Å²) in [5.41, 5.74) is 3.11. The molecule has 3 aromatic rings. The minimum Gasteiger partial charge on any atom is -0.484 e. The molecule has 1 N–H and O–H groups in total. The number of halogens is 1. The first-order chi connectivity index (χ1) is 16.9. The molecule has 0 aliphatic carbocycles. The molecule has 0 saturated heterocycles. The molecule has 3 rings (SSSR count). The highest BCUT2D eigenvalue weighted by Gasteiger charge is 2.31. The van der Waals surface area contributed by atoms with Gasteiger partial charge in [-0.3, -0.25) is 9.59 Å². The van der Waals surface area contributed by atoms with Gasteiger partial charge in [-0.25, -0.2) is 0 Å². The average Bonchev–Trinajstić information content (AvgIpc) is 2.87. The monoisotopic (exact) mass is 584 g/mol. The highest BCUT2D eigenvalue weighted by Crippen LogP contribution is 2.18. The van der Waals surface area contributed by atoms with Crippen LogP contribution in [0.5, 0.6) is 5.75 Å². The van der Waals surface area contributed by atoms with Crippen LogP contribution >= 0.6 is 22.6 Å². The molecule has 0 saturated carbocycles. The molecule has 3 aromatic carbocycles. The highest BCUT2D eigenvalue weighted by atomic mass is 127. The lowest BCUT2D eigenvalue weighted by molar-refractivity contribution is -0.143. The fraction of sp³-hybridized carbons (Fsp3) is 0.310. The number of hydrogen-bond donors (Lipinski definition) is 1. The van der Waals surface area contributed by atoms with Gasteiger partial charge in [-0.2, -0.15) is 0 Å². The third-order valence-corrected chi connectivity index (χ3v) is 6.64. The predicted octanol–water partition coefficient (Wildman–Crippen LogP) is 5.53. The molecule has 184 valence electrons. The molecule has 5 nitrogen and oxygen atoms in total. The van der Waals surface area contributed by atoms with Crippen LogP contribution in [0.2, 0.25) is 0 Å². The van der Waals surface area contributed by atoms with Gasteiger partial charge >= 0.3 is 0 Å². The molecule has 0 unspecified atom stereocenters.